The fourth-order valence-electron chi connectivity index (χ4n) is 5.73. The zero-order valence-corrected chi connectivity index (χ0v) is 18.8. The van der Waals surface area contributed by atoms with Crippen LogP contribution >= 0.6 is 0 Å². The Bertz CT molecular complexity index is 1320. The quantitative estimate of drug-likeness (QED) is 0.414. The molecule has 0 amide bonds. The van der Waals surface area contributed by atoms with Gasteiger partial charge in [0.05, 0.1) is 5.69 Å². The van der Waals surface area contributed by atoms with E-state index >= 15 is 0 Å². The lowest BCUT2D eigenvalue weighted by atomic mass is 9.97. The van der Waals surface area contributed by atoms with Crippen molar-refractivity contribution < 1.29 is 0 Å². The molecule has 0 radical (unpaired) electrons. The smallest absolute Gasteiger partial charge is 0.114 e. The highest BCUT2D eigenvalue weighted by Gasteiger charge is 2.46. The summed E-state index contributed by atoms with van der Waals surface area (Å²) in [6.45, 7) is 10.1. The van der Waals surface area contributed by atoms with Crippen LogP contribution in [0, 0.1) is 0 Å². The Morgan fingerprint density at radius 2 is 1.36 bits per heavy atom. The van der Waals surface area contributed by atoms with Crippen LogP contribution in [0.4, 0.5) is 0 Å². The molecule has 0 unspecified atom stereocenters. The molecular weight excluding hydrogens is 370 g/mol. The molecule has 0 saturated carbocycles. The van der Waals surface area contributed by atoms with Gasteiger partial charge in [0.1, 0.15) is 16.1 Å². The Morgan fingerprint density at radius 3 is 2.18 bits per heavy atom. The number of hydrogen-bond donors (Lipinski definition) is 0. The van der Waals surface area contributed by atoms with Gasteiger partial charge in [-0.3, -0.25) is 4.98 Å². The summed E-state index contributed by atoms with van der Waals surface area (Å²) in [4.78, 5) is 5.00. The molecule has 1 aromatic heterocycles. The molecule has 0 spiro atoms. The van der Waals surface area contributed by atoms with E-state index in [1.807, 2.05) is 6.20 Å². The van der Waals surface area contributed by atoms with Gasteiger partial charge < -0.3 is 0 Å². The maximum absolute atomic E-state index is 5.00. The highest BCUT2D eigenvalue weighted by molar-refractivity contribution is 7.08. The van der Waals surface area contributed by atoms with Crippen molar-refractivity contribution in [3.05, 3.63) is 66.9 Å². The van der Waals surface area contributed by atoms with Crippen molar-refractivity contribution in [3.63, 3.8) is 0 Å². The molecule has 2 aliphatic heterocycles. The summed E-state index contributed by atoms with van der Waals surface area (Å²) >= 11 is 0. The van der Waals surface area contributed by atoms with E-state index in [0.717, 1.165) is 0 Å². The standard InChI is InChI=1S/C25H23NSi2/c1-27(2)19-10-7-11-20-22(19)23-21(27)14-15-26-24(23)18-13-12-16-8-5-6-9-17(16)25(18)28(20,3)4/h5-15H,1-4H3. The molecule has 0 aliphatic carbocycles. The molecular formula is C25H23NSi2. The molecule has 4 aromatic rings. The average molecular weight is 394 g/mol. The van der Waals surface area contributed by atoms with Crippen LogP contribution in [0.1, 0.15) is 0 Å². The summed E-state index contributed by atoms with van der Waals surface area (Å²) < 4.78 is 0. The van der Waals surface area contributed by atoms with Crippen molar-refractivity contribution in [1.29, 1.82) is 0 Å². The summed E-state index contributed by atoms with van der Waals surface area (Å²) in [5, 5.41) is 9.05. The van der Waals surface area contributed by atoms with Gasteiger partial charge in [0, 0.05) is 17.3 Å². The molecule has 136 valence electrons. The van der Waals surface area contributed by atoms with Crippen LogP contribution in [0.25, 0.3) is 33.2 Å². The predicted octanol–water partition coefficient (Wildman–Crippen LogP) is 3.84. The third-order valence-electron chi connectivity index (χ3n) is 7.09. The lowest BCUT2D eigenvalue weighted by Gasteiger charge is -2.29. The Morgan fingerprint density at radius 1 is 0.643 bits per heavy atom. The van der Waals surface area contributed by atoms with Gasteiger partial charge in [0.2, 0.25) is 0 Å². The highest BCUT2D eigenvalue weighted by atomic mass is 28.3. The van der Waals surface area contributed by atoms with Crippen molar-refractivity contribution in [1.82, 2.24) is 4.98 Å². The minimum Gasteiger partial charge on any atom is -0.256 e. The Balaban J connectivity index is 1.91. The monoisotopic (exact) mass is 393 g/mol. The van der Waals surface area contributed by atoms with Crippen LogP contribution in [0.15, 0.2) is 66.9 Å². The number of benzene rings is 3. The van der Waals surface area contributed by atoms with Crippen LogP contribution < -0.4 is 20.7 Å². The lowest BCUT2D eigenvalue weighted by molar-refractivity contribution is 1.35. The first-order chi connectivity index (χ1) is 13.4. The van der Waals surface area contributed by atoms with Crippen LogP contribution in [0.5, 0.6) is 0 Å². The van der Waals surface area contributed by atoms with Crippen molar-refractivity contribution >= 4 is 47.7 Å². The normalized spacial score (nSPS) is 17.1. The van der Waals surface area contributed by atoms with Gasteiger partial charge in [-0.25, -0.2) is 0 Å². The van der Waals surface area contributed by atoms with E-state index in [-0.39, 0.29) is 0 Å². The van der Waals surface area contributed by atoms with Crippen LogP contribution in [-0.2, 0) is 0 Å². The van der Waals surface area contributed by atoms with Gasteiger partial charge in [-0.1, -0.05) is 80.8 Å². The Kier molecular flexibility index (Phi) is 3.00. The third kappa shape index (κ3) is 1.79. The molecule has 2 aliphatic rings. The average Bonchev–Trinajstić information content (AvgIpc) is 2.89. The fourth-order valence-corrected chi connectivity index (χ4v) is 12.3. The SMILES string of the molecule is C[Si]1(C)c2cccc3c2-c2c1ccnc2-c1ccc2ccccc2c1[Si]3(C)C. The molecule has 0 saturated heterocycles. The fraction of sp³-hybridized carbons (Fsp3) is 0.160. The number of rotatable bonds is 0. The zero-order valence-electron chi connectivity index (χ0n) is 16.8. The second kappa shape index (κ2) is 5.10. The van der Waals surface area contributed by atoms with Gasteiger partial charge in [-0.05, 0) is 43.1 Å². The molecule has 1 nitrogen and oxygen atoms in total. The van der Waals surface area contributed by atoms with Crippen LogP contribution in [0.3, 0.4) is 0 Å². The largest absolute Gasteiger partial charge is 0.256 e. The molecule has 28 heavy (non-hydrogen) atoms. The maximum Gasteiger partial charge on any atom is 0.114 e. The molecule has 3 heteroatoms. The van der Waals surface area contributed by atoms with E-state index in [9.17, 15) is 0 Å². The minimum absolute atomic E-state index is 1.21. The molecule has 6 rings (SSSR count). The van der Waals surface area contributed by atoms with Crippen molar-refractivity contribution in [3.8, 4) is 22.4 Å². The molecule has 0 N–H and O–H groups in total. The van der Waals surface area contributed by atoms with E-state index in [4.69, 9.17) is 4.98 Å². The van der Waals surface area contributed by atoms with Gasteiger partial charge >= 0.3 is 0 Å². The second-order valence-corrected chi connectivity index (χ2v) is 17.9. The number of fused-ring (bicyclic) bond motifs is 4. The molecule has 0 bridgehead atoms. The lowest BCUT2D eigenvalue weighted by Crippen LogP contribution is -2.56. The highest BCUT2D eigenvalue weighted by Crippen LogP contribution is 2.39. The van der Waals surface area contributed by atoms with E-state index in [1.54, 1.807) is 20.7 Å². The predicted molar refractivity (Wildman–Crippen MR) is 126 cm³/mol. The summed E-state index contributed by atoms with van der Waals surface area (Å²) in [7, 11) is -3.60. The van der Waals surface area contributed by atoms with Crippen molar-refractivity contribution in [2.75, 3.05) is 0 Å². The number of nitrogens with zero attached hydrogens (tertiary/aromatic N) is 1. The summed E-state index contributed by atoms with van der Waals surface area (Å²) in [5.74, 6) is 0. The van der Waals surface area contributed by atoms with Crippen molar-refractivity contribution in [2.45, 2.75) is 26.2 Å². The Hall–Kier alpha value is -2.50. The van der Waals surface area contributed by atoms with Crippen LogP contribution in [-0.4, -0.2) is 21.1 Å². The molecule has 3 aromatic carbocycles. The number of aromatic nitrogens is 1. The van der Waals surface area contributed by atoms with E-state index < -0.39 is 16.1 Å². The van der Waals surface area contributed by atoms with Gasteiger partial charge in [0.25, 0.3) is 0 Å². The Labute approximate surface area is 168 Å². The van der Waals surface area contributed by atoms with E-state index in [2.05, 4.69) is 86.9 Å². The first-order valence-electron chi connectivity index (χ1n) is 10.1. The molecule has 0 atom stereocenters. The van der Waals surface area contributed by atoms with E-state index in [1.165, 1.54) is 33.2 Å². The van der Waals surface area contributed by atoms with Gasteiger partial charge in [0.15, 0.2) is 0 Å². The minimum atomic E-state index is -1.92. The zero-order chi connectivity index (χ0) is 19.3. The van der Waals surface area contributed by atoms with Crippen molar-refractivity contribution in [2.24, 2.45) is 0 Å². The second-order valence-electron chi connectivity index (χ2n) is 9.27. The summed E-state index contributed by atoms with van der Waals surface area (Å²) in [6, 6.07) is 22.9. The van der Waals surface area contributed by atoms with Gasteiger partial charge in [-0.15, -0.1) is 0 Å². The maximum atomic E-state index is 5.00. The molecule has 0 fully saturated rings. The van der Waals surface area contributed by atoms with Gasteiger partial charge in [-0.2, -0.15) is 0 Å². The third-order valence-corrected chi connectivity index (χ3v) is 14.2. The first-order valence-corrected chi connectivity index (χ1v) is 16.1. The summed E-state index contributed by atoms with van der Waals surface area (Å²) in [6.07, 6.45) is 2.05. The topological polar surface area (TPSA) is 12.9 Å². The number of pyridine rings is 1. The first kappa shape index (κ1) is 16.5. The van der Waals surface area contributed by atoms with Crippen LogP contribution in [0.2, 0.25) is 26.2 Å². The number of hydrogen-bond acceptors (Lipinski definition) is 1. The van der Waals surface area contributed by atoms with E-state index in [0.29, 0.717) is 0 Å². The molecule has 3 heterocycles. The summed E-state index contributed by atoms with van der Waals surface area (Å²) in [5.41, 5.74) is 5.55.